The van der Waals surface area contributed by atoms with E-state index in [-0.39, 0.29) is 0 Å². The van der Waals surface area contributed by atoms with E-state index < -0.39 is 102 Å². The highest BCUT2D eigenvalue weighted by molar-refractivity contribution is 5.17. The molecule has 0 fully saturated rings. The number of hydrogen-bond donors (Lipinski definition) is 0. The van der Waals surface area contributed by atoms with E-state index in [0.717, 1.165) is 0 Å². The molecule has 48 heavy (non-hydrogen) atoms. The maximum absolute atomic E-state index is 13.8. The van der Waals surface area contributed by atoms with E-state index in [1.807, 2.05) is 0 Å². The molecule has 0 unspecified atom stereocenters. The van der Waals surface area contributed by atoms with Gasteiger partial charge in [0.15, 0.2) is 0 Å². The maximum Gasteiger partial charge on any atom is 0.460 e. The molecule has 0 aromatic rings. The first kappa shape index (κ1) is 46.0. The van der Waals surface area contributed by atoms with Crippen LogP contribution in [0.3, 0.4) is 0 Å². The summed E-state index contributed by atoms with van der Waals surface area (Å²) in [5, 5.41) is 0. The molecular weight excluding hydrogens is 779 g/mol. The van der Waals surface area contributed by atoms with Crippen molar-refractivity contribution in [3.63, 3.8) is 0 Å². The monoisotopic (exact) mass is 790 g/mol. The minimum Gasteiger partial charge on any atom is -0.200 e. The van der Waals surface area contributed by atoms with Gasteiger partial charge in [0.1, 0.15) is 0 Å². The third-order valence-corrected chi connectivity index (χ3v) is 6.00. The van der Waals surface area contributed by atoms with Crippen molar-refractivity contribution in [2.24, 2.45) is 5.92 Å². The van der Waals surface area contributed by atoms with Crippen LogP contribution in [0.2, 0.25) is 0 Å². The largest absolute Gasteiger partial charge is 0.460 e. The number of halogens is 29. The predicted molar refractivity (Wildman–Crippen MR) is 94.4 cm³/mol. The van der Waals surface area contributed by atoms with Crippen LogP contribution in [0.4, 0.5) is 127 Å². The molecule has 0 spiro atoms. The van der Waals surface area contributed by atoms with Gasteiger partial charge in [-0.2, -0.15) is 127 Å². The molecule has 29 heteroatoms. The van der Waals surface area contributed by atoms with Crippen LogP contribution < -0.4 is 0 Å². The van der Waals surface area contributed by atoms with Gasteiger partial charge in [-0.05, 0) is 5.92 Å². The molecule has 0 saturated carbocycles. The molecule has 0 aromatic heterocycles. The third-order valence-electron chi connectivity index (χ3n) is 6.00. The highest BCUT2D eigenvalue weighted by atomic mass is 19.4. The standard InChI is InChI=1S/C19H11F29/c1-5(2)3-6(20,21)9(26,27)12(32,33)15(38,39)13(34,35)10(28,29)7(22,23)4-8(24,25)11(30,31)14(36,37)16(40,41)17(42,43)18(44,45)19(46,47)48/h5H,3-4H2,1-2H3. The molecule has 0 saturated heterocycles. The molecule has 0 N–H and O–H groups in total. The molecule has 0 bridgehead atoms. The van der Waals surface area contributed by atoms with Crippen LogP contribution in [0.5, 0.6) is 0 Å². The van der Waals surface area contributed by atoms with Gasteiger partial charge in [0, 0.05) is 6.42 Å². The third kappa shape index (κ3) is 5.93. The Balaban J connectivity index is 7.19. The zero-order valence-electron chi connectivity index (χ0n) is 22.0. The molecular formula is C19H11F29. The number of rotatable bonds is 15. The summed E-state index contributed by atoms with van der Waals surface area (Å²) >= 11 is 0. The molecule has 0 nitrogen and oxygen atoms in total. The first-order valence-corrected chi connectivity index (χ1v) is 11.1. The topological polar surface area (TPSA) is 0 Å². The average Bonchev–Trinajstić information content (AvgIpc) is 2.80. The van der Waals surface area contributed by atoms with Crippen LogP contribution in [0.1, 0.15) is 26.7 Å². The van der Waals surface area contributed by atoms with Crippen molar-refractivity contribution < 1.29 is 127 Å². The maximum atomic E-state index is 13.8. The first-order valence-electron chi connectivity index (χ1n) is 11.1. The van der Waals surface area contributed by atoms with Gasteiger partial charge in [-0.15, -0.1) is 0 Å². The van der Waals surface area contributed by atoms with E-state index in [4.69, 9.17) is 0 Å². The van der Waals surface area contributed by atoms with Crippen molar-refractivity contribution in [2.45, 2.75) is 110 Å². The quantitative estimate of drug-likeness (QED) is 0.145. The lowest BCUT2D eigenvalue weighted by Crippen LogP contribution is -2.74. The summed E-state index contributed by atoms with van der Waals surface area (Å²) in [7, 11) is 0. The van der Waals surface area contributed by atoms with E-state index in [1.165, 1.54) is 0 Å². The van der Waals surface area contributed by atoms with Crippen molar-refractivity contribution >= 4 is 0 Å². The summed E-state index contributed by atoms with van der Waals surface area (Å²) in [4.78, 5) is 0. The Morgan fingerprint density at radius 1 is 0.271 bits per heavy atom. The van der Waals surface area contributed by atoms with Gasteiger partial charge in [0.25, 0.3) is 0 Å². The van der Waals surface area contributed by atoms with Crippen molar-refractivity contribution in [2.75, 3.05) is 0 Å². The summed E-state index contributed by atoms with van der Waals surface area (Å²) in [5.74, 6) is -115. The van der Waals surface area contributed by atoms with Crippen LogP contribution in [0, 0.1) is 5.92 Å². The lowest BCUT2D eigenvalue weighted by Gasteiger charge is -2.44. The second-order valence-corrected chi connectivity index (χ2v) is 10.1. The van der Waals surface area contributed by atoms with Crippen molar-refractivity contribution in [3.05, 3.63) is 0 Å². The lowest BCUT2D eigenvalue weighted by atomic mass is 9.84. The molecule has 0 atom stereocenters. The van der Waals surface area contributed by atoms with Gasteiger partial charge in [-0.25, -0.2) is 0 Å². The molecule has 0 aliphatic rings. The van der Waals surface area contributed by atoms with Crippen molar-refractivity contribution in [1.82, 2.24) is 0 Å². The van der Waals surface area contributed by atoms with E-state index in [0.29, 0.717) is 13.8 Å². The second kappa shape index (κ2) is 11.5. The van der Waals surface area contributed by atoms with Gasteiger partial charge in [0.05, 0.1) is 6.42 Å². The number of hydrogen-bond acceptors (Lipinski definition) is 0. The Morgan fingerprint density at radius 2 is 0.458 bits per heavy atom. The smallest absolute Gasteiger partial charge is 0.200 e. The second-order valence-electron chi connectivity index (χ2n) is 10.1. The Hall–Kier alpha value is -2.03. The van der Waals surface area contributed by atoms with E-state index in [9.17, 15) is 127 Å². The highest BCUT2D eigenvalue weighted by Crippen LogP contribution is 2.66. The highest BCUT2D eigenvalue weighted by Gasteiger charge is 2.96. The molecule has 0 aliphatic heterocycles. The summed E-state index contributed by atoms with van der Waals surface area (Å²) < 4.78 is 389. The normalized spacial score (nSPS) is 17.0. The van der Waals surface area contributed by atoms with Crippen molar-refractivity contribution in [1.29, 1.82) is 0 Å². The Morgan fingerprint density at radius 3 is 0.667 bits per heavy atom. The van der Waals surface area contributed by atoms with Crippen LogP contribution in [-0.4, -0.2) is 83.2 Å². The van der Waals surface area contributed by atoms with Gasteiger partial charge < -0.3 is 0 Å². The minimum absolute atomic E-state index is 0.419. The molecule has 0 aromatic carbocycles. The molecule has 0 rings (SSSR count). The first-order chi connectivity index (χ1) is 20.1. The van der Waals surface area contributed by atoms with Crippen LogP contribution in [-0.2, 0) is 0 Å². The molecule has 0 radical (unpaired) electrons. The fraction of sp³-hybridized carbons (Fsp3) is 1.00. The summed E-state index contributed by atoms with van der Waals surface area (Å²) in [6.07, 6.45) is -16.7. The van der Waals surface area contributed by atoms with Crippen LogP contribution >= 0.6 is 0 Å². The molecule has 0 heterocycles. The van der Waals surface area contributed by atoms with Crippen LogP contribution in [0.25, 0.3) is 0 Å². The Bertz CT molecular complexity index is 1140. The fourth-order valence-corrected chi connectivity index (χ4v) is 3.19. The zero-order valence-corrected chi connectivity index (χ0v) is 22.0. The van der Waals surface area contributed by atoms with Gasteiger partial charge in [-0.3, -0.25) is 0 Å². The Kier molecular flexibility index (Phi) is 11.0. The van der Waals surface area contributed by atoms with E-state index in [2.05, 4.69) is 0 Å². The SMILES string of the molecule is CC(C)CC(F)(F)C(F)(F)C(F)(F)C(F)(F)C(F)(F)C(F)(F)C(F)(F)CC(F)(F)C(F)(F)C(F)(F)C(F)(F)C(F)(F)C(F)(F)C(F)(F)F. The number of alkyl halides is 29. The fourth-order valence-electron chi connectivity index (χ4n) is 3.19. The van der Waals surface area contributed by atoms with Gasteiger partial charge >= 0.3 is 83.2 Å². The van der Waals surface area contributed by atoms with Crippen LogP contribution in [0.15, 0.2) is 0 Å². The Labute approximate surface area is 244 Å². The van der Waals surface area contributed by atoms with E-state index >= 15 is 0 Å². The summed E-state index contributed by atoms with van der Waals surface area (Å²) in [5.41, 5.74) is 0. The average molecular weight is 790 g/mol. The summed E-state index contributed by atoms with van der Waals surface area (Å²) in [6.45, 7) is 0.837. The minimum atomic E-state index is -9.31. The van der Waals surface area contributed by atoms with Gasteiger partial charge in [-0.1, -0.05) is 13.8 Å². The molecule has 0 aliphatic carbocycles. The molecule has 290 valence electrons. The van der Waals surface area contributed by atoms with Gasteiger partial charge in [0.2, 0.25) is 0 Å². The zero-order chi connectivity index (χ0) is 40.0. The van der Waals surface area contributed by atoms with Crippen molar-refractivity contribution in [3.8, 4) is 0 Å². The molecule has 0 amide bonds. The van der Waals surface area contributed by atoms with E-state index in [1.54, 1.807) is 0 Å². The lowest BCUT2D eigenvalue weighted by molar-refractivity contribution is -0.460. The summed E-state index contributed by atoms with van der Waals surface area (Å²) in [6, 6.07) is 0. The predicted octanol–water partition coefficient (Wildman–Crippen LogP) is 11.2.